The molecule has 0 spiro atoms. The topological polar surface area (TPSA) is 110 Å². The summed E-state index contributed by atoms with van der Waals surface area (Å²) >= 11 is 0. The fourth-order valence-electron chi connectivity index (χ4n) is 1.29. The predicted octanol–water partition coefficient (Wildman–Crippen LogP) is 1.41. The smallest absolute Gasteiger partial charge is 0.201 e. The molecule has 0 aliphatic heterocycles. The minimum atomic E-state index is -0.354. The fourth-order valence-corrected chi connectivity index (χ4v) is 1.29. The third-order valence-corrected chi connectivity index (χ3v) is 2.33. The molecule has 6 heteroatoms. The molecule has 0 saturated carbocycles. The van der Waals surface area contributed by atoms with Gasteiger partial charge in [-0.1, -0.05) is 26.0 Å². The van der Waals surface area contributed by atoms with E-state index in [9.17, 15) is 0 Å². The highest BCUT2D eigenvalue weighted by atomic mass is 15.3. The normalized spacial score (nSPS) is 11.2. The highest BCUT2D eigenvalue weighted by molar-refractivity contribution is 6.45. The Bertz CT molecular complexity index is 495. The maximum Gasteiger partial charge on any atom is 0.201 e. The maximum atomic E-state index is 8.69. The Labute approximate surface area is 112 Å². The molecule has 0 aliphatic rings. The highest BCUT2D eigenvalue weighted by Gasteiger charge is 2.01. The van der Waals surface area contributed by atoms with Crippen LogP contribution < -0.4 is 16.5 Å². The second-order valence-corrected chi connectivity index (χ2v) is 4.33. The number of nitrogens with two attached hydrogens (primary N) is 1. The Morgan fingerprint density at radius 2 is 2.05 bits per heavy atom. The molecule has 0 atom stereocenters. The monoisotopic (exact) mass is 258 g/mol. The molecule has 1 aromatic rings. The van der Waals surface area contributed by atoms with Crippen molar-refractivity contribution in [1.29, 1.82) is 10.7 Å². The largest absolute Gasteiger partial charge is 0.382 e. The number of hydrogen-bond donors (Lipinski definition) is 4. The number of nitriles is 1. The van der Waals surface area contributed by atoms with Gasteiger partial charge in [-0.05, 0) is 17.7 Å². The Balaban J connectivity index is 2.62. The van der Waals surface area contributed by atoms with Crippen LogP contribution in [0.3, 0.4) is 0 Å². The second-order valence-electron chi connectivity index (χ2n) is 4.33. The molecule has 100 valence electrons. The summed E-state index contributed by atoms with van der Waals surface area (Å²) in [5, 5.41) is 22.9. The Kier molecular flexibility index (Phi) is 5.51. The van der Waals surface area contributed by atoms with Gasteiger partial charge in [0.1, 0.15) is 6.07 Å². The lowest BCUT2D eigenvalue weighted by Gasteiger charge is -2.08. The lowest BCUT2D eigenvalue weighted by Crippen LogP contribution is -2.22. The first-order valence-corrected chi connectivity index (χ1v) is 5.93. The van der Waals surface area contributed by atoms with Crippen LogP contribution in [0.4, 0.5) is 5.69 Å². The van der Waals surface area contributed by atoms with E-state index in [1.165, 1.54) is 0 Å². The first-order chi connectivity index (χ1) is 9.02. The van der Waals surface area contributed by atoms with Gasteiger partial charge in [-0.2, -0.15) is 10.4 Å². The van der Waals surface area contributed by atoms with Crippen LogP contribution in [0.1, 0.15) is 19.4 Å². The van der Waals surface area contributed by atoms with Crippen LogP contribution in [0, 0.1) is 16.7 Å². The molecule has 0 aliphatic carbocycles. The van der Waals surface area contributed by atoms with Gasteiger partial charge in [0.15, 0.2) is 5.84 Å². The summed E-state index contributed by atoms with van der Waals surface area (Å²) in [5.41, 5.74) is 9.65. The zero-order chi connectivity index (χ0) is 14.3. The van der Waals surface area contributed by atoms with Gasteiger partial charge >= 0.3 is 0 Å². The molecule has 1 rings (SSSR count). The number of benzene rings is 1. The van der Waals surface area contributed by atoms with Crippen molar-refractivity contribution in [3.63, 3.8) is 0 Å². The molecule has 0 aromatic heterocycles. The maximum absolute atomic E-state index is 8.69. The molecule has 1 aromatic carbocycles. The molecule has 0 bridgehead atoms. The van der Waals surface area contributed by atoms with Crippen LogP contribution in [-0.2, 0) is 6.54 Å². The number of hydrogen-bond acceptors (Lipinski definition) is 5. The van der Waals surface area contributed by atoms with E-state index < -0.39 is 0 Å². The Hall–Kier alpha value is -2.39. The molecular weight excluding hydrogens is 240 g/mol. The van der Waals surface area contributed by atoms with Gasteiger partial charge in [0.2, 0.25) is 5.71 Å². The number of nitrogens with zero attached hydrogens (tertiary/aromatic N) is 2. The van der Waals surface area contributed by atoms with Crippen LogP contribution in [0.5, 0.6) is 0 Å². The van der Waals surface area contributed by atoms with Crippen molar-refractivity contribution in [1.82, 2.24) is 5.32 Å². The third-order valence-electron chi connectivity index (χ3n) is 2.33. The van der Waals surface area contributed by atoms with Crippen LogP contribution in [0.2, 0.25) is 0 Å². The number of rotatable bonds is 6. The van der Waals surface area contributed by atoms with Gasteiger partial charge < -0.3 is 11.1 Å². The van der Waals surface area contributed by atoms with Crippen LogP contribution in [0.15, 0.2) is 29.4 Å². The molecule has 0 unspecified atom stereocenters. The van der Waals surface area contributed by atoms with Crippen molar-refractivity contribution in [2.45, 2.75) is 26.4 Å². The van der Waals surface area contributed by atoms with Crippen molar-refractivity contribution < 1.29 is 0 Å². The van der Waals surface area contributed by atoms with Crippen LogP contribution in [-0.4, -0.2) is 17.6 Å². The molecule has 19 heavy (non-hydrogen) atoms. The van der Waals surface area contributed by atoms with E-state index >= 15 is 0 Å². The number of nitrogens with one attached hydrogen (secondary N) is 3. The predicted molar refractivity (Wildman–Crippen MR) is 77.0 cm³/mol. The molecule has 5 N–H and O–H groups in total. The average molecular weight is 258 g/mol. The van der Waals surface area contributed by atoms with E-state index in [1.54, 1.807) is 6.07 Å². The zero-order valence-corrected chi connectivity index (χ0v) is 11.1. The Morgan fingerprint density at radius 1 is 1.42 bits per heavy atom. The molecule has 0 radical (unpaired) electrons. The minimum absolute atomic E-state index is 0.134. The lowest BCUT2D eigenvalue weighted by atomic mass is 10.2. The van der Waals surface area contributed by atoms with E-state index in [0.717, 1.165) is 17.8 Å². The van der Waals surface area contributed by atoms with Gasteiger partial charge in [-0.3, -0.25) is 10.8 Å². The van der Waals surface area contributed by atoms with E-state index in [1.807, 2.05) is 24.3 Å². The van der Waals surface area contributed by atoms with Crippen molar-refractivity contribution in [3.05, 3.63) is 29.8 Å². The Morgan fingerprint density at radius 3 is 2.53 bits per heavy atom. The molecule has 0 amide bonds. The molecular formula is C13H18N6. The van der Waals surface area contributed by atoms with Crippen molar-refractivity contribution in [2.24, 2.45) is 10.8 Å². The van der Waals surface area contributed by atoms with E-state index in [4.69, 9.17) is 16.4 Å². The molecule has 0 saturated heterocycles. The van der Waals surface area contributed by atoms with Gasteiger partial charge in [-0.25, -0.2) is 0 Å². The summed E-state index contributed by atoms with van der Waals surface area (Å²) in [4.78, 5) is 0. The molecule has 0 heterocycles. The van der Waals surface area contributed by atoms with Crippen molar-refractivity contribution in [3.8, 4) is 6.07 Å². The first-order valence-electron chi connectivity index (χ1n) is 5.93. The average Bonchev–Trinajstić information content (AvgIpc) is 2.38. The molecule has 0 fully saturated rings. The fraction of sp³-hybridized carbons (Fsp3) is 0.308. The van der Waals surface area contributed by atoms with E-state index in [0.29, 0.717) is 6.04 Å². The summed E-state index contributed by atoms with van der Waals surface area (Å²) in [7, 11) is 0. The summed E-state index contributed by atoms with van der Waals surface area (Å²) in [5.74, 6) is -0.354. The quantitative estimate of drug-likeness (QED) is 0.351. The number of amidine groups is 1. The highest BCUT2D eigenvalue weighted by Crippen LogP contribution is 2.09. The van der Waals surface area contributed by atoms with Gasteiger partial charge in [0, 0.05) is 12.6 Å². The van der Waals surface area contributed by atoms with Crippen molar-refractivity contribution in [2.75, 3.05) is 5.43 Å². The summed E-state index contributed by atoms with van der Waals surface area (Å²) < 4.78 is 0. The van der Waals surface area contributed by atoms with Crippen LogP contribution in [0.25, 0.3) is 0 Å². The van der Waals surface area contributed by atoms with Crippen molar-refractivity contribution >= 4 is 17.2 Å². The number of hydrazone groups is 1. The van der Waals surface area contributed by atoms with Gasteiger partial charge in [0.05, 0.1) is 5.69 Å². The SMILES string of the molecule is CC(C)NCc1ccc(N/N=C(\C#N)C(=N)N)cc1. The van der Waals surface area contributed by atoms with Gasteiger partial charge in [0.25, 0.3) is 0 Å². The first kappa shape index (κ1) is 14.7. The van der Waals surface area contributed by atoms with Crippen LogP contribution >= 0.6 is 0 Å². The third kappa shape index (κ3) is 5.19. The van der Waals surface area contributed by atoms with E-state index in [-0.39, 0.29) is 11.5 Å². The minimum Gasteiger partial charge on any atom is -0.382 e. The lowest BCUT2D eigenvalue weighted by molar-refractivity contribution is 0.589. The summed E-state index contributed by atoms with van der Waals surface area (Å²) in [6.45, 7) is 4.99. The molecule has 6 nitrogen and oxygen atoms in total. The van der Waals surface area contributed by atoms with Gasteiger partial charge in [-0.15, -0.1) is 0 Å². The second kappa shape index (κ2) is 7.13. The summed E-state index contributed by atoms with van der Waals surface area (Å²) in [6, 6.07) is 9.83. The zero-order valence-electron chi connectivity index (χ0n) is 11.1. The van der Waals surface area contributed by atoms with E-state index in [2.05, 4.69) is 29.7 Å². The summed E-state index contributed by atoms with van der Waals surface area (Å²) in [6.07, 6.45) is 0. The standard InChI is InChI=1S/C13H18N6/c1-9(2)17-8-10-3-5-11(6-4-10)18-19-12(7-14)13(15)16/h3-6,9,17-18H,8H2,1-2H3,(H3,15,16)/b19-12+. The number of anilines is 1.